The molecule has 1 heterocycles. The maximum Gasteiger partial charge on any atom is 0.311 e. The van der Waals surface area contributed by atoms with Crippen molar-refractivity contribution in [2.45, 2.75) is 30.7 Å². The second kappa shape index (κ2) is 9.59. The van der Waals surface area contributed by atoms with Crippen molar-refractivity contribution in [2.24, 2.45) is 5.10 Å². The van der Waals surface area contributed by atoms with E-state index in [-0.39, 0.29) is 11.3 Å². The molecule has 0 saturated heterocycles. The first-order chi connectivity index (χ1) is 14.4. The highest BCUT2D eigenvalue weighted by Crippen LogP contribution is 2.32. The lowest BCUT2D eigenvalue weighted by atomic mass is 10.2. The minimum absolute atomic E-state index is 0.0873. The monoisotopic (exact) mass is 447 g/mol. The number of thioether (sulfide) groups is 1. The molecule has 0 aliphatic rings. The van der Waals surface area contributed by atoms with Crippen molar-refractivity contribution in [3.63, 3.8) is 0 Å². The minimum atomic E-state index is -0.735. The Morgan fingerprint density at radius 3 is 2.63 bits per heavy atom. The number of phenolic OH excluding ortho intramolecular Hbond substituents is 2. The first kappa shape index (κ1) is 21.6. The van der Waals surface area contributed by atoms with E-state index in [1.807, 2.05) is 31.2 Å². The summed E-state index contributed by atoms with van der Waals surface area (Å²) in [5.74, 6) is 0.291. The highest BCUT2D eigenvalue weighted by Gasteiger charge is 2.17. The van der Waals surface area contributed by atoms with Gasteiger partial charge >= 0.3 is 5.69 Å². The van der Waals surface area contributed by atoms with E-state index in [2.05, 4.69) is 15.3 Å². The number of hydrogen-bond donors (Lipinski definition) is 2. The molecule has 0 fully saturated rings. The molecule has 0 saturated carbocycles. The standard InChI is InChI=1S/C19H18ClN5O4S/c1-2-3-18-22-23-19(30-11-12-4-6-14(20)7-5-12)24(18)21-10-13-8-15(25(28)29)17(27)9-16(13)26/h4-10,26-27H,2-3,11H2,1H3/b21-10+. The predicted octanol–water partition coefficient (Wildman–Crippen LogP) is 4.38. The third-order valence-electron chi connectivity index (χ3n) is 4.06. The zero-order chi connectivity index (χ0) is 21.7. The molecule has 30 heavy (non-hydrogen) atoms. The molecule has 0 aliphatic carbocycles. The van der Waals surface area contributed by atoms with Gasteiger partial charge in [-0.05, 0) is 24.1 Å². The van der Waals surface area contributed by atoms with Gasteiger partial charge in [0.15, 0.2) is 11.6 Å². The van der Waals surface area contributed by atoms with Crippen molar-refractivity contribution < 1.29 is 15.1 Å². The summed E-state index contributed by atoms with van der Waals surface area (Å²) >= 11 is 7.34. The molecule has 0 aliphatic heterocycles. The molecule has 3 aromatic rings. The molecule has 0 unspecified atom stereocenters. The SMILES string of the molecule is CCCc1nnc(SCc2ccc(Cl)cc2)n1/N=C/c1cc([N+](=O)[O-])c(O)cc1O. The third kappa shape index (κ3) is 5.08. The van der Waals surface area contributed by atoms with E-state index in [9.17, 15) is 20.3 Å². The Morgan fingerprint density at radius 1 is 1.23 bits per heavy atom. The molecule has 2 N–H and O–H groups in total. The van der Waals surface area contributed by atoms with E-state index in [1.165, 1.54) is 18.0 Å². The van der Waals surface area contributed by atoms with Crippen LogP contribution in [0, 0.1) is 10.1 Å². The molecular formula is C19H18ClN5O4S. The van der Waals surface area contributed by atoms with Gasteiger partial charge in [0.05, 0.1) is 11.1 Å². The van der Waals surface area contributed by atoms with Crippen LogP contribution in [-0.4, -0.2) is 36.2 Å². The summed E-state index contributed by atoms with van der Waals surface area (Å²) in [5.41, 5.74) is 0.611. The number of halogens is 1. The molecule has 156 valence electrons. The van der Waals surface area contributed by atoms with E-state index in [1.54, 1.807) is 4.68 Å². The first-order valence-corrected chi connectivity index (χ1v) is 10.3. The Kier molecular flexibility index (Phi) is 6.91. The van der Waals surface area contributed by atoms with Crippen LogP contribution in [-0.2, 0) is 12.2 Å². The number of aromatic hydroxyl groups is 2. The number of nitro groups is 1. The Balaban J connectivity index is 1.89. The van der Waals surface area contributed by atoms with Crippen LogP contribution in [0.15, 0.2) is 46.7 Å². The van der Waals surface area contributed by atoms with E-state index in [4.69, 9.17) is 11.6 Å². The minimum Gasteiger partial charge on any atom is -0.507 e. The Bertz CT molecular complexity index is 1090. The normalized spacial score (nSPS) is 11.3. The van der Waals surface area contributed by atoms with Crippen molar-refractivity contribution >= 4 is 35.3 Å². The fourth-order valence-electron chi connectivity index (χ4n) is 2.56. The number of aromatic nitrogens is 3. The summed E-state index contributed by atoms with van der Waals surface area (Å²) in [6.07, 6.45) is 2.73. The molecule has 1 aromatic heterocycles. The number of nitro benzene ring substituents is 1. The summed E-state index contributed by atoms with van der Waals surface area (Å²) in [6, 6.07) is 9.42. The lowest BCUT2D eigenvalue weighted by molar-refractivity contribution is -0.385. The first-order valence-electron chi connectivity index (χ1n) is 8.95. The molecular weight excluding hydrogens is 430 g/mol. The van der Waals surface area contributed by atoms with Crippen molar-refractivity contribution in [3.8, 4) is 11.5 Å². The van der Waals surface area contributed by atoms with Crippen LogP contribution in [0.3, 0.4) is 0 Å². The second-order valence-corrected chi connectivity index (χ2v) is 7.66. The van der Waals surface area contributed by atoms with Gasteiger partial charge in [0.25, 0.3) is 0 Å². The molecule has 0 spiro atoms. The Hall–Kier alpha value is -3.11. The van der Waals surface area contributed by atoms with Gasteiger partial charge in [-0.1, -0.05) is 42.4 Å². The number of phenols is 2. The Labute approximate surface area is 181 Å². The zero-order valence-corrected chi connectivity index (χ0v) is 17.5. The van der Waals surface area contributed by atoms with Gasteiger partial charge in [0, 0.05) is 34.9 Å². The largest absolute Gasteiger partial charge is 0.507 e. The van der Waals surface area contributed by atoms with E-state index < -0.39 is 16.4 Å². The van der Waals surface area contributed by atoms with Crippen molar-refractivity contribution in [1.29, 1.82) is 0 Å². The number of rotatable bonds is 8. The van der Waals surface area contributed by atoms with Gasteiger partial charge in [0.1, 0.15) is 5.75 Å². The van der Waals surface area contributed by atoms with Crippen LogP contribution in [0.2, 0.25) is 5.02 Å². The van der Waals surface area contributed by atoms with Crippen molar-refractivity contribution in [3.05, 3.63) is 68.5 Å². The lowest BCUT2D eigenvalue weighted by Crippen LogP contribution is -2.01. The maximum atomic E-state index is 11.0. The summed E-state index contributed by atoms with van der Waals surface area (Å²) in [4.78, 5) is 10.3. The van der Waals surface area contributed by atoms with Gasteiger partial charge in [-0.15, -0.1) is 10.2 Å². The molecule has 11 heteroatoms. The molecule has 0 amide bonds. The highest BCUT2D eigenvalue weighted by molar-refractivity contribution is 7.98. The number of aryl methyl sites for hydroxylation is 1. The predicted molar refractivity (Wildman–Crippen MR) is 114 cm³/mol. The van der Waals surface area contributed by atoms with Crippen LogP contribution >= 0.6 is 23.4 Å². The highest BCUT2D eigenvalue weighted by atomic mass is 35.5. The average Bonchev–Trinajstić information content (AvgIpc) is 3.08. The quantitative estimate of drug-likeness (QED) is 0.227. The van der Waals surface area contributed by atoms with Gasteiger partial charge in [-0.2, -0.15) is 9.78 Å². The van der Waals surface area contributed by atoms with Crippen LogP contribution in [0.1, 0.15) is 30.3 Å². The van der Waals surface area contributed by atoms with E-state index >= 15 is 0 Å². The van der Waals surface area contributed by atoms with E-state index in [0.717, 1.165) is 24.1 Å². The van der Waals surface area contributed by atoms with Gasteiger partial charge in [0.2, 0.25) is 5.16 Å². The fourth-order valence-corrected chi connectivity index (χ4v) is 3.55. The van der Waals surface area contributed by atoms with Crippen molar-refractivity contribution in [1.82, 2.24) is 14.9 Å². The number of benzene rings is 2. The van der Waals surface area contributed by atoms with Crippen molar-refractivity contribution in [2.75, 3.05) is 0 Å². The molecule has 3 rings (SSSR count). The topological polar surface area (TPSA) is 127 Å². The van der Waals surface area contributed by atoms with Crippen LogP contribution in [0.5, 0.6) is 11.5 Å². The molecule has 0 radical (unpaired) electrons. The van der Waals surface area contributed by atoms with Gasteiger partial charge in [-0.25, -0.2) is 0 Å². The smallest absolute Gasteiger partial charge is 0.311 e. The Morgan fingerprint density at radius 2 is 1.97 bits per heavy atom. The van der Waals surface area contributed by atoms with Crippen LogP contribution in [0.25, 0.3) is 0 Å². The van der Waals surface area contributed by atoms with Gasteiger partial charge < -0.3 is 10.2 Å². The van der Waals surface area contributed by atoms with Gasteiger partial charge in [-0.3, -0.25) is 10.1 Å². The molecule has 0 bridgehead atoms. The lowest BCUT2D eigenvalue weighted by Gasteiger charge is -2.05. The number of hydrogen-bond acceptors (Lipinski definition) is 8. The summed E-state index contributed by atoms with van der Waals surface area (Å²) in [7, 11) is 0. The average molecular weight is 448 g/mol. The molecule has 2 aromatic carbocycles. The van der Waals surface area contributed by atoms with Crippen LogP contribution < -0.4 is 0 Å². The second-order valence-electron chi connectivity index (χ2n) is 6.28. The summed E-state index contributed by atoms with van der Waals surface area (Å²) < 4.78 is 1.54. The fraction of sp³-hybridized carbons (Fsp3) is 0.211. The number of nitrogens with zero attached hydrogens (tertiary/aromatic N) is 5. The van der Waals surface area contributed by atoms with E-state index in [0.29, 0.717) is 28.2 Å². The summed E-state index contributed by atoms with van der Waals surface area (Å²) in [6.45, 7) is 2.00. The summed E-state index contributed by atoms with van der Waals surface area (Å²) in [5, 5.41) is 44.5. The third-order valence-corrected chi connectivity index (χ3v) is 5.31. The maximum absolute atomic E-state index is 11.0. The molecule has 0 atom stereocenters. The molecule has 9 nitrogen and oxygen atoms in total. The van der Waals surface area contributed by atoms with Crippen LogP contribution in [0.4, 0.5) is 5.69 Å². The zero-order valence-electron chi connectivity index (χ0n) is 15.9.